The molecule has 0 saturated carbocycles. The minimum Gasteiger partial charge on any atom is -0.348 e. The van der Waals surface area contributed by atoms with Gasteiger partial charge in [-0.25, -0.2) is 0 Å². The Morgan fingerprint density at radius 3 is 1.82 bits per heavy atom. The maximum absolute atomic E-state index is 12.3. The van der Waals surface area contributed by atoms with Crippen LogP contribution in [-0.4, -0.2) is 73.3 Å². The maximum Gasteiger partial charge on any atom is 0.236 e. The summed E-state index contributed by atoms with van der Waals surface area (Å²) in [7, 11) is 3.36. The lowest BCUT2D eigenvalue weighted by molar-refractivity contribution is -0.134. The molecule has 0 heterocycles. The largest absolute Gasteiger partial charge is 0.348 e. The molecule has 0 saturated heterocycles. The molecule has 0 aromatic carbocycles. The molecule has 122 valence electrons. The summed E-state index contributed by atoms with van der Waals surface area (Å²) in [6.07, 6.45) is 1.31. The summed E-state index contributed by atoms with van der Waals surface area (Å²) in [6.45, 7) is 3.59. The Bertz CT molecular complexity index is 418. The van der Waals surface area contributed by atoms with E-state index in [4.69, 9.17) is 10.5 Å². The van der Waals surface area contributed by atoms with E-state index < -0.39 is 0 Å². The molecule has 0 unspecified atom stereocenters. The first kappa shape index (κ1) is 19.9. The van der Waals surface area contributed by atoms with Crippen molar-refractivity contribution < 1.29 is 9.59 Å². The zero-order valence-electron chi connectivity index (χ0n) is 13.7. The van der Waals surface area contributed by atoms with Crippen molar-refractivity contribution in [2.75, 3.05) is 46.8 Å². The molecule has 7 nitrogen and oxygen atoms in total. The lowest BCUT2D eigenvalue weighted by Gasteiger charge is -2.26. The Morgan fingerprint density at radius 1 is 0.909 bits per heavy atom. The molecule has 7 heteroatoms. The fraction of sp³-hybridized carbons (Fsp3) is 0.733. The number of carbonyl (C=O) groups excluding carboxylic acids is 2. The smallest absolute Gasteiger partial charge is 0.236 e. The van der Waals surface area contributed by atoms with Gasteiger partial charge in [-0.2, -0.15) is 10.5 Å². The van der Waals surface area contributed by atoms with Crippen LogP contribution in [0.4, 0.5) is 0 Å². The minimum absolute atomic E-state index is 0.0538. The number of hydrogen-bond donors (Lipinski definition) is 0. The number of likely N-dealkylation sites (N-methyl/N-ethyl adjacent to an activating group) is 1. The zero-order valence-corrected chi connectivity index (χ0v) is 13.7. The van der Waals surface area contributed by atoms with Crippen LogP contribution in [-0.2, 0) is 9.59 Å². The lowest BCUT2D eigenvalue weighted by atomic mass is 10.3. The average Bonchev–Trinajstić information content (AvgIpc) is 2.47. The van der Waals surface area contributed by atoms with Gasteiger partial charge in [-0.15, -0.1) is 0 Å². The second-order valence-electron chi connectivity index (χ2n) is 5.20. The van der Waals surface area contributed by atoms with Crippen LogP contribution in [0, 0.1) is 22.7 Å². The van der Waals surface area contributed by atoms with Gasteiger partial charge in [0.2, 0.25) is 11.8 Å². The highest BCUT2D eigenvalue weighted by molar-refractivity contribution is 5.81. The van der Waals surface area contributed by atoms with Gasteiger partial charge in [-0.05, 0) is 13.0 Å². The third-order valence-corrected chi connectivity index (χ3v) is 3.10. The quantitative estimate of drug-likeness (QED) is 0.584. The van der Waals surface area contributed by atoms with E-state index in [0.717, 1.165) is 6.42 Å². The van der Waals surface area contributed by atoms with Crippen molar-refractivity contribution in [2.24, 2.45) is 0 Å². The van der Waals surface area contributed by atoms with Gasteiger partial charge >= 0.3 is 0 Å². The summed E-state index contributed by atoms with van der Waals surface area (Å²) < 4.78 is 0. The van der Waals surface area contributed by atoms with E-state index >= 15 is 0 Å². The van der Waals surface area contributed by atoms with Crippen LogP contribution in [0.1, 0.15) is 26.2 Å². The molecule has 0 atom stereocenters. The standard InChI is InChI=1S/C15H25N5O2/c1-4-9-19(12-14(21)18(2)3)13-15(22)20(10-5-7-16)11-6-8-17/h4-6,9-13H2,1-3H3. The SMILES string of the molecule is CCCN(CC(=O)N(C)C)CC(=O)N(CCC#N)CCC#N. The van der Waals surface area contributed by atoms with Crippen LogP contribution < -0.4 is 0 Å². The second kappa shape index (κ2) is 11.5. The van der Waals surface area contributed by atoms with Crippen molar-refractivity contribution in [1.82, 2.24) is 14.7 Å². The van der Waals surface area contributed by atoms with E-state index in [1.807, 2.05) is 19.1 Å². The molecule has 0 aromatic rings. The van der Waals surface area contributed by atoms with Crippen molar-refractivity contribution in [3.8, 4) is 12.1 Å². The van der Waals surface area contributed by atoms with Crippen molar-refractivity contribution in [2.45, 2.75) is 26.2 Å². The summed E-state index contributed by atoms with van der Waals surface area (Å²) in [5.41, 5.74) is 0. The normalized spacial score (nSPS) is 9.91. The molecule has 0 aliphatic rings. The van der Waals surface area contributed by atoms with Crippen molar-refractivity contribution in [3.63, 3.8) is 0 Å². The molecule has 0 rings (SSSR count). The molecule has 0 aromatic heterocycles. The van der Waals surface area contributed by atoms with Crippen molar-refractivity contribution >= 4 is 11.8 Å². The van der Waals surface area contributed by atoms with Crippen LogP contribution in [0.2, 0.25) is 0 Å². The van der Waals surface area contributed by atoms with Gasteiger partial charge in [0.05, 0.1) is 38.1 Å². The fourth-order valence-electron chi connectivity index (χ4n) is 1.89. The molecule has 0 N–H and O–H groups in total. The van der Waals surface area contributed by atoms with Crippen LogP contribution >= 0.6 is 0 Å². The summed E-state index contributed by atoms with van der Waals surface area (Å²) in [5, 5.41) is 17.3. The summed E-state index contributed by atoms with van der Waals surface area (Å²) in [6, 6.07) is 4.01. The van der Waals surface area contributed by atoms with Gasteiger partial charge in [0, 0.05) is 27.2 Å². The van der Waals surface area contributed by atoms with Gasteiger partial charge < -0.3 is 9.80 Å². The number of amides is 2. The minimum atomic E-state index is -0.148. The van der Waals surface area contributed by atoms with E-state index in [1.54, 1.807) is 19.0 Å². The predicted molar refractivity (Wildman–Crippen MR) is 82.5 cm³/mol. The number of rotatable bonds is 10. The zero-order chi connectivity index (χ0) is 17.0. The summed E-state index contributed by atoms with van der Waals surface area (Å²) >= 11 is 0. The lowest BCUT2D eigenvalue weighted by Crippen LogP contribution is -2.45. The van der Waals surface area contributed by atoms with E-state index in [9.17, 15) is 9.59 Å². The number of nitriles is 2. The van der Waals surface area contributed by atoms with Gasteiger partial charge in [0.1, 0.15) is 0 Å². The Hall–Kier alpha value is -2.12. The van der Waals surface area contributed by atoms with E-state index in [1.165, 1.54) is 9.80 Å². The molecular formula is C15H25N5O2. The second-order valence-corrected chi connectivity index (χ2v) is 5.20. The van der Waals surface area contributed by atoms with Crippen molar-refractivity contribution in [3.05, 3.63) is 0 Å². The van der Waals surface area contributed by atoms with Crippen LogP contribution in [0.15, 0.2) is 0 Å². The van der Waals surface area contributed by atoms with Crippen LogP contribution in [0.3, 0.4) is 0 Å². The van der Waals surface area contributed by atoms with Crippen LogP contribution in [0.5, 0.6) is 0 Å². The third kappa shape index (κ3) is 8.23. The van der Waals surface area contributed by atoms with Gasteiger partial charge in [0.25, 0.3) is 0 Å². The molecule has 0 aliphatic heterocycles. The highest BCUT2D eigenvalue weighted by Gasteiger charge is 2.19. The Labute approximate surface area is 132 Å². The highest BCUT2D eigenvalue weighted by atomic mass is 16.2. The molecule has 22 heavy (non-hydrogen) atoms. The van der Waals surface area contributed by atoms with Crippen LogP contribution in [0.25, 0.3) is 0 Å². The molecule has 0 radical (unpaired) electrons. The first-order valence-corrected chi connectivity index (χ1v) is 7.40. The number of carbonyl (C=O) groups is 2. The predicted octanol–water partition coefficient (Wildman–Crippen LogP) is 0.443. The maximum atomic E-state index is 12.3. The monoisotopic (exact) mass is 307 g/mol. The molecule has 0 spiro atoms. The van der Waals surface area contributed by atoms with Gasteiger partial charge in [-0.1, -0.05) is 6.92 Å². The molecule has 0 aliphatic carbocycles. The molecular weight excluding hydrogens is 282 g/mol. The molecule has 0 fully saturated rings. The van der Waals surface area contributed by atoms with E-state index in [2.05, 4.69) is 0 Å². The fourth-order valence-corrected chi connectivity index (χ4v) is 1.89. The first-order valence-electron chi connectivity index (χ1n) is 7.40. The molecule has 0 bridgehead atoms. The first-order chi connectivity index (χ1) is 10.5. The Morgan fingerprint density at radius 2 is 1.41 bits per heavy atom. The van der Waals surface area contributed by atoms with E-state index in [0.29, 0.717) is 19.6 Å². The summed E-state index contributed by atoms with van der Waals surface area (Å²) in [5.74, 6) is -0.202. The number of nitrogens with zero attached hydrogens (tertiary/aromatic N) is 5. The van der Waals surface area contributed by atoms with Crippen molar-refractivity contribution in [1.29, 1.82) is 10.5 Å². The Kier molecular flexibility index (Phi) is 10.4. The summed E-state index contributed by atoms with van der Waals surface area (Å²) in [4.78, 5) is 29.0. The van der Waals surface area contributed by atoms with Gasteiger partial charge in [-0.3, -0.25) is 14.5 Å². The third-order valence-electron chi connectivity index (χ3n) is 3.10. The van der Waals surface area contributed by atoms with Gasteiger partial charge in [0.15, 0.2) is 0 Å². The molecule has 2 amide bonds. The Balaban J connectivity index is 4.69. The highest BCUT2D eigenvalue weighted by Crippen LogP contribution is 2.00. The number of hydrogen-bond acceptors (Lipinski definition) is 5. The topological polar surface area (TPSA) is 91.4 Å². The average molecular weight is 307 g/mol. The van der Waals surface area contributed by atoms with E-state index in [-0.39, 0.29) is 37.7 Å².